The van der Waals surface area contributed by atoms with Gasteiger partial charge in [-0.05, 0) is 54.2 Å². The van der Waals surface area contributed by atoms with Gasteiger partial charge in [0.1, 0.15) is 5.60 Å². The van der Waals surface area contributed by atoms with Crippen LogP contribution < -0.4 is 5.69 Å². The van der Waals surface area contributed by atoms with Crippen molar-refractivity contribution in [1.29, 1.82) is 0 Å². The molecule has 5 rings (SSSR count). The van der Waals surface area contributed by atoms with Crippen molar-refractivity contribution >= 4 is 22.6 Å². The van der Waals surface area contributed by atoms with Crippen LogP contribution >= 0.6 is 0 Å². The minimum atomic E-state index is -1.15. The van der Waals surface area contributed by atoms with Crippen LogP contribution in [0.15, 0.2) is 23.0 Å². The van der Waals surface area contributed by atoms with Gasteiger partial charge < -0.3 is 10.0 Å². The van der Waals surface area contributed by atoms with Crippen molar-refractivity contribution in [1.82, 2.24) is 19.0 Å². The summed E-state index contributed by atoms with van der Waals surface area (Å²) in [6.07, 6.45) is 7.30. The fraction of sp³-hybridized carbons (Fsp3) is 0.654. The molecule has 33 heavy (non-hydrogen) atoms. The van der Waals surface area contributed by atoms with E-state index in [1.54, 1.807) is 11.6 Å². The van der Waals surface area contributed by atoms with Crippen molar-refractivity contribution < 1.29 is 9.90 Å². The van der Waals surface area contributed by atoms with Crippen molar-refractivity contribution in [2.75, 3.05) is 13.1 Å². The Hall–Kier alpha value is -2.41. The van der Waals surface area contributed by atoms with Gasteiger partial charge in [0, 0.05) is 26.7 Å². The summed E-state index contributed by atoms with van der Waals surface area (Å²) >= 11 is 0. The van der Waals surface area contributed by atoms with Crippen LogP contribution in [0, 0.1) is 17.3 Å². The van der Waals surface area contributed by atoms with E-state index in [9.17, 15) is 14.7 Å². The Kier molecular flexibility index (Phi) is 5.31. The van der Waals surface area contributed by atoms with Crippen molar-refractivity contribution in [2.45, 2.75) is 71.4 Å². The molecule has 2 atom stereocenters. The molecule has 3 heterocycles. The Morgan fingerprint density at radius 2 is 1.91 bits per heavy atom. The fourth-order valence-electron chi connectivity index (χ4n) is 5.99. The van der Waals surface area contributed by atoms with Gasteiger partial charge in [0.2, 0.25) is 0 Å². The molecule has 3 aliphatic rings. The second-order valence-corrected chi connectivity index (χ2v) is 11.6. The number of pyridine rings is 1. The van der Waals surface area contributed by atoms with Gasteiger partial charge >= 0.3 is 5.69 Å². The number of aryl methyl sites for hydroxylation is 1. The molecule has 7 nitrogen and oxygen atoms in total. The number of likely N-dealkylation sites (tertiary alicyclic amines) is 1. The van der Waals surface area contributed by atoms with E-state index in [1.807, 2.05) is 21.6 Å². The molecule has 2 aromatic rings. The third-order valence-corrected chi connectivity index (χ3v) is 7.70. The predicted molar refractivity (Wildman–Crippen MR) is 129 cm³/mol. The van der Waals surface area contributed by atoms with Gasteiger partial charge in [-0.3, -0.25) is 13.9 Å². The molecule has 0 radical (unpaired) electrons. The van der Waals surface area contributed by atoms with Crippen molar-refractivity contribution in [2.24, 2.45) is 24.3 Å². The average molecular weight is 453 g/mol. The van der Waals surface area contributed by atoms with E-state index in [0.29, 0.717) is 44.3 Å². The normalized spacial score (nSPS) is 24.9. The minimum absolute atomic E-state index is 0.00368. The maximum atomic E-state index is 13.0. The van der Waals surface area contributed by atoms with Gasteiger partial charge in [0.25, 0.3) is 5.91 Å². The SMILES string of the molecule is Cn1c(=O)n(CC(C)(C)C)c2ccc(C3=CC4CN(C(=O)C5(O)CCCCC5)CC4C3)nc21. The Balaban J connectivity index is 1.36. The number of rotatable bonds is 3. The second kappa shape index (κ2) is 7.83. The molecule has 2 unspecified atom stereocenters. The van der Waals surface area contributed by atoms with Gasteiger partial charge in [-0.25, -0.2) is 9.78 Å². The lowest BCUT2D eigenvalue weighted by Gasteiger charge is -2.34. The summed E-state index contributed by atoms with van der Waals surface area (Å²) in [6, 6.07) is 4.05. The third-order valence-electron chi connectivity index (χ3n) is 7.70. The summed E-state index contributed by atoms with van der Waals surface area (Å²) < 4.78 is 3.47. The van der Waals surface area contributed by atoms with E-state index < -0.39 is 5.60 Å². The van der Waals surface area contributed by atoms with E-state index >= 15 is 0 Å². The lowest BCUT2D eigenvalue weighted by Crippen LogP contribution is -2.49. The van der Waals surface area contributed by atoms with Gasteiger partial charge in [-0.1, -0.05) is 46.1 Å². The first kappa shape index (κ1) is 22.4. The zero-order valence-electron chi connectivity index (χ0n) is 20.3. The quantitative estimate of drug-likeness (QED) is 0.775. The fourth-order valence-corrected chi connectivity index (χ4v) is 5.99. The first-order valence-electron chi connectivity index (χ1n) is 12.3. The molecule has 178 valence electrons. The molecule has 0 spiro atoms. The Labute approximate surface area is 195 Å². The number of hydrogen-bond acceptors (Lipinski definition) is 4. The first-order chi connectivity index (χ1) is 15.6. The summed E-state index contributed by atoms with van der Waals surface area (Å²) in [5, 5.41) is 10.9. The number of carbonyl (C=O) groups excluding carboxylic acids is 1. The Bertz CT molecular complexity index is 1180. The second-order valence-electron chi connectivity index (χ2n) is 11.6. The summed E-state index contributed by atoms with van der Waals surface area (Å²) in [4.78, 5) is 32.6. The molecular formula is C26H36N4O3. The van der Waals surface area contributed by atoms with Crippen LogP contribution in [-0.4, -0.2) is 48.7 Å². The van der Waals surface area contributed by atoms with Crippen LogP contribution in [0.2, 0.25) is 0 Å². The van der Waals surface area contributed by atoms with Crippen molar-refractivity contribution in [3.05, 3.63) is 34.4 Å². The summed E-state index contributed by atoms with van der Waals surface area (Å²) in [6.45, 7) is 8.41. The van der Waals surface area contributed by atoms with Crippen LogP contribution in [0.1, 0.15) is 65.0 Å². The number of imidazole rings is 1. The monoisotopic (exact) mass is 452 g/mol. The van der Waals surface area contributed by atoms with Crippen LogP contribution in [0.3, 0.4) is 0 Å². The van der Waals surface area contributed by atoms with Gasteiger partial charge in [-0.2, -0.15) is 0 Å². The Morgan fingerprint density at radius 1 is 1.18 bits per heavy atom. The van der Waals surface area contributed by atoms with E-state index in [0.717, 1.165) is 42.5 Å². The molecule has 1 N–H and O–H groups in total. The van der Waals surface area contributed by atoms with Crippen LogP contribution in [0.25, 0.3) is 16.7 Å². The molecule has 2 aromatic heterocycles. The smallest absolute Gasteiger partial charge is 0.330 e. The summed E-state index contributed by atoms with van der Waals surface area (Å²) in [5.74, 6) is 0.618. The molecule has 1 amide bonds. The molecule has 1 saturated carbocycles. The summed E-state index contributed by atoms with van der Waals surface area (Å²) in [7, 11) is 1.79. The summed E-state index contributed by atoms with van der Waals surface area (Å²) in [5.41, 5.74) is 2.53. The van der Waals surface area contributed by atoms with E-state index in [1.165, 1.54) is 5.57 Å². The highest BCUT2D eigenvalue weighted by Gasteiger charge is 2.45. The number of amides is 1. The standard InChI is InChI=1S/C26H36N4O3/c1-25(2,3)16-30-21-9-8-20(27-22(21)28(4)24(30)32)17-12-18-14-29(15-19(18)13-17)23(31)26(33)10-6-5-7-11-26/h8-9,12,18-19,33H,5-7,10-11,13-16H2,1-4H3. The number of allylic oxidation sites excluding steroid dienone is 1. The Morgan fingerprint density at radius 3 is 2.58 bits per heavy atom. The number of aliphatic hydroxyl groups is 1. The molecule has 1 saturated heterocycles. The average Bonchev–Trinajstić information content (AvgIpc) is 3.40. The number of nitrogens with zero attached hydrogens (tertiary/aromatic N) is 4. The van der Waals surface area contributed by atoms with Crippen LogP contribution in [0.5, 0.6) is 0 Å². The van der Waals surface area contributed by atoms with E-state index in [2.05, 4.69) is 26.8 Å². The van der Waals surface area contributed by atoms with E-state index in [-0.39, 0.29) is 17.0 Å². The predicted octanol–water partition coefficient (Wildman–Crippen LogP) is 3.34. The molecule has 0 aromatic carbocycles. The van der Waals surface area contributed by atoms with Crippen LogP contribution in [-0.2, 0) is 18.4 Å². The van der Waals surface area contributed by atoms with Crippen LogP contribution in [0.4, 0.5) is 0 Å². The van der Waals surface area contributed by atoms with Crippen molar-refractivity contribution in [3.63, 3.8) is 0 Å². The largest absolute Gasteiger partial charge is 0.380 e. The zero-order valence-corrected chi connectivity index (χ0v) is 20.3. The molecule has 7 heteroatoms. The molecule has 1 aliphatic heterocycles. The van der Waals surface area contributed by atoms with Gasteiger partial charge in [0.05, 0.1) is 11.2 Å². The van der Waals surface area contributed by atoms with E-state index in [4.69, 9.17) is 4.98 Å². The maximum absolute atomic E-state index is 13.0. The third kappa shape index (κ3) is 3.94. The van der Waals surface area contributed by atoms with Gasteiger partial charge in [0.15, 0.2) is 5.65 Å². The number of aromatic nitrogens is 3. The molecule has 2 aliphatic carbocycles. The highest BCUT2D eigenvalue weighted by Crippen LogP contribution is 2.42. The lowest BCUT2D eigenvalue weighted by atomic mass is 9.84. The number of fused-ring (bicyclic) bond motifs is 2. The molecular weight excluding hydrogens is 416 g/mol. The number of carbonyl (C=O) groups is 1. The maximum Gasteiger partial charge on any atom is 0.330 e. The zero-order chi connectivity index (χ0) is 23.5. The number of hydrogen-bond donors (Lipinski definition) is 1. The minimum Gasteiger partial charge on any atom is -0.380 e. The topological polar surface area (TPSA) is 80.4 Å². The lowest BCUT2D eigenvalue weighted by molar-refractivity contribution is -0.153. The highest BCUT2D eigenvalue weighted by atomic mass is 16.3. The highest BCUT2D eigenvalue weighted by molar-refractivity contribution is 5.85. The van der Waals surface area contributed by atoms with Gasteiger partial charge in [-0.15, -0.1) is 0 Å². The van der Waals surface area contributed by atoms with Crippen molar-refractivity contribution in [3.8, 4) is 0 Å². The molecule has 2 fully saturated rings. The first-order valence-corrected chi connectivity index (χ1v) is 12.3. The molecule has 0 bridgehead atoms.